The van der Waals surface area contributed by atoms with E-state index >= 15 is 0 Å². The molecule has 5 aliphatic heterocycles. The lowest BCUT2D eigenvalue weighted by atomic mass is 9.76. The number of ether oxygens (including phenoxy) is 3. The van der Waals surface area contributed by atoms with Gasteiger partial charge in [-0.3, -0.25) is 14.5 Å². The fraction of sp³-hybridized carbons (Fsp3) is 0.429. The van der Waals surface area contributed by atoms with Crippen LogP contribution in [-0.2, 0) is 27.4 Å². The van der Waals surface area contributed by atoms with Gasteiger partial charge < -0.3 is 24.0 Å². The number of nitrogens with zero attached hydrogens (tertiary/aromatic N) is 3. The first-order valence-corrected chi connectivity index (χ1v) is 13.2. The van der Waals surface area contributed by atoms with Crippen LogP contribution in [-0.4, -0.2) is 77.7 Å². The molecule has 2 bridgehead atoms. The smallest absolute Gasteiger partial charge is 0.231 e. The molecule has 5 heterocycles. The average molecular weight is 522 g/mol. The summed E-state index contributed by atoms with van der Waals surface area (Å²) in [6, 6.07) is 13.6. The third kappa shape index (κ3) is 3.81. The molecule has 2 aromatic rings. The average Bonchev–Trinajstić information content (AvgIpc) is 3.67. The van der Waals surface area contributed by atoms with Gasteiger partial charge in [-0.05, 0) is 29.3 Å². The predicted molar refractivity (Wildman–Crippen MR) is 135 cm³/mol. The first-order chi connectivity index (χ1) is 18.0. The van der Waals surface area contributed by atoms with Gasteiger partial charge in [0.1, 0.15) is 5.60 Å². The molecule has 0 radical (unpaired) electrons. The van der Waals surface area contributed by atoms with E-state index in [0.29, 0.717) is 31.2 Å². The minimum Gasteiger partial charge on any atom is -0.454 e. The molecule has 2 amide bonds. The van der Waals surface area contributed by atoms with Crippen LogP contribution in [0.2, 0.25) is 5.02 Å². The maximum Gasteiger partial charge on any atom is 0.231 e. The lowest BCUT2D eigenvalue weighted by Crippen LogP contribution is -2.53. The summed E-state index contributed by atoms with van der Waals surface area (Å²) in [7, 11) is 0. The molecule has 3 fully saturated rings. The third-order valence-electron chi connectivity index (χ3n) is 8.31. The summed E-state index contributed by atoms with van der Waals surface area (Å²) >= 11 is 6.36. The predicted octanol–water partition coefficient (Wildman–Crippen LogP) is 2.70. The van der Waals surface area contributed by atoms with Crippen molar-refractivity contribution in [2.24, 2.45) is 11.8 Å². The van der Waals surface area contributed by atoms with E-state index in [-0.39, 0.29) is 24.7 Å². The Morgan fingerprint density at radius 2 is 1.84 bits per heavy atom. The highest BCUT2D eigenvalue weighted by Crippen LogP contribution is 2.52. The fourth-order valence-electron chi connectivity index (χ4n) is 6.46. The van der Waals surface area contributed by atoms with E-state index in [1.54, 1.807) is 4.90 Å². The summed E-state index contributed by atoms with van der Waals surface area (Å²) in [4.78, 5) is 33.4. The zero-order chi connectivity index (χ0) is 25.1. The van der Waals surface area contributed by atoms with E-state index in [1.807, 2.05) is 53.5 Å². The Morgan fingerprint density at radius 1 is 1.03 bits per heavy atom. The maximum absolute atomic E-state index is 13.8. The monoisotopic (exact) mass is 521 g/mol. The van der Waals surface area contributed by atoms with Crippen LogP contribution in [0.25, 0.3) is 0 Å². The number of fused-ring (bicyclic) bond motifs is 2. The van der Waals surface area contributed by atoms with E-state index in [2.05, 4.69) is 11.0 Å². The number of halogens is 1. The standard InChI is InChI=1S/C28H28ClN3O5/c29-20-4-2-1-3-19(20)15-32-16-28-8-7-22(37-28)24(25(28)27(32)34)26(33)31-11-9-30(10-12-31)14-18-5-6-21-23(13-18)36-17-35-21/h1-8,13,22,24-25H,9-12,14-17H2. The normalized spacial score (nSPS) is 29.9. The van der Waals surface area contributed by atoms with E-state index in [9.17, 15) is 9.59 Å². The highest BCUT2D eigenvalue weighted by Gasteiger charge is 2.67. The topological polar surface area (TPSA) is 71.6 Å². The van der Waals surface area contributed by atoms with Crippen molar-refractivity contribution in [2.45, 2.75) is 24.8 Å². The van der Waals surface area contributed by atoms with E-state index in [1.165, 1.54) is 0 Å². The molecule has 0 saturated carbocycles. The van der Waals surface area contributed by atoms with E-state index < -0.39 is 17.4 Å². The van der Waals surface area contributed by atoms with Gasteiger partial charge in [-0.15, -0.1) is 0 Å². The molecule has 5 aliphatic rings. The SMILES string of the molecule is O=C(C1C2C=CC3(CN(Cc4ccccc4Cl)C(=O)C13)O2)N1CCN(Cc2ccc3c(c2)OCO3)CC1. The van der Waals surface area contributed by atoms with Crippen molar-refractivity contribution in [2.75, 3.05) is 39.5 Å². The van der Waals surface area contributed by atoms with Crippen molar-refractivity contribution in [3.8, 4) is 11.5 Å². The van der Waals surface area contributed by atoms with Crippen LogP contribution < -0.4 is 9.47 Å². The van der Waals surface area contributed by atoms with Crippen LogP contribution in [0, 0.1) is 11.8 Å². The van der Waals surface area contributed by atoms with Crippen molar-refractivity contribution >= 4 is 23.4 Å². The molecule has 4 unspecified atom stereocenters. The molecule has 9 heteroatoms. The van der Waals surface area contributed by atoms with Crippen molar-refractivity contribution < 1.29 is 23.8 Å². The Balaban J connectivity index is 1.01. The van der Waals surface area contributed by atoms with Crippen molar-refractivity contribution in [1.29, 1.82) is 0 Å². The first kappa shape index (κ1) is 23.1. The Hall–Kier alpha value is -3.07. The zero-order valence-corrected chi connectivity index (χ0v) is 21.1. The lowest BCUT2D eigenvalue weighted by molar-refractivity contribution is -0.144. The maximum atomic E-state index is 13.8. The van der Waals surface area contributed by atoms with Crippen molar-refractivity contribution in [3.05, 3.63) is 70.8 Å². The minimum absolute atomic E-state index is 0.0217. The van der Waals surface area contributed by atoms with Gasteiger partial charge in [0.25, 0.3) is 0 Å². The zero-order valence-electron chi connectivity index (χ0n) is 20.3. The summed E-state index contributed by atoms with van der Waals surface area (Å²) in [6.07, 6.45) is 3.64. The second kappa shape index (κ2) is 8.75. The van der Waals surface area contributed by atoms with Gasteiger partial charge >= 0.3 is 0 Å². The summed E-state index contributed by atoms with van der Waals surface area (Å²) in [6.45, 7) is 4.73. The van der Waals surface area contributed by atoms with Crippen LogP contribution in [0.1, 0.15) is 11.1 Å². The van der Waals surface area contributed by atoms with Crippen LogP contribution in [0.5, 0.6) is 11.5 Å². The van der Waals surface area contributed by atoms with Crippen molar-refractivity contribution in [3.63, 3.8) is 0 Å². The molecule has 3 saturated heterocycles. The second-order valence-electron chi connectivity index (χ2n) is 10.5. The quantitative estimate of drug-likeness (QED) is 0.563. The second-order valence-corrected chi connectivity index (χ2v) is 10.9. The van der Waals surface area contributed by atoms with Gasteiger partial charge in [0.2, 0.25) is 18.6 Å². The highest BCUT2D eigenvalue weighted by molar-refractivity contribution is 6.31. The number of carbonyl (C=O) groups is 2. The van der Waals surface area contributed by atoms with E-state index in [4.69, 9.17) is 25.8 Å². The molecular weight excluding hydrogens is 494 g/mol. The molecule has 37 heavy (non-hydrogen) atoms. The molecule has 4 atom stereocenters. The molecule has 192 valence electrons. The number of benzene rings is 2. The third-order valence-corrected chi connectivity index (χ3v) is 8.68. The Kier molecular flexibility index (Phi) is 5.46. The van der Waals surface area contributed by atoms with Gasteiger partial charge in [0, 0.05) is 44.3 Å². The largest absolute Gasteiger partial charge is 0.454 e. The number of likely N-dealkylation sites (tertiary alicyclic amines) is 1. The van der Waals surface area contributed by atoms with Gasteiger partial charge in [-0.25, -0.2) is 0 Å². The molecular formula is C28H28ClN3O5. The molecule has 1 spiro atoms. The number of amides is 2. The van der Waals surface area contributed by atoms with Gasteiger partial charge in [0.15, 0.2) is 11.5 Å². The molecule has 7 rings (SSSR count). The number of rotatable bonds is 5. The number of hydrogen-bond donors (Lipinski definition) is 0. The Labute approximate surface area is 220 Å². The van der Waals surface area contributed by atoms with Gasteiger partial charge in [-0.2, -0.15) is 0 Å². The summed E-state index contributed by atoms with van der Waals surface area (Å²) in [5.41, 5.74) is 1.34. The van der Waals surface area contributed by atoms with E-state index in [0.717, 1.165) is 42.3 Å². The van der Waals surface area contributed by atoms with Crippen molar-refractivity contribution in [1.82, 2.24) is 14.7 Å². The highest BCUT2D eigenvalue weighted by atomic mass is 35.5. The Bertz CT molecular complexity index is 1290. The molecule has 8 nitrogen and oxygen atoms in total. The molecule has 2 aromatic carbocycles. The minimum atomic E-state index is -0.718. The fourth-order valence-corrected chi connectivity index (χ4v) is 6.66. The molecule has 0 aromatic heterocycles. The van der Waals surface area contributed by atoms with Crippen LogP contribution in [0.15, 0.2) is 54.6 Å². The van der Waals surface area contributed by atoms with Crippen LogP contribution in [0.4, 0.5) is 0 Å². The number of carbonyl (C=O) groups excluding carboxylic acids is 2. The summed E-state index contributed by atoms with van der Waals surface area (Å²) in [5, 5.41) is 0.636. The molecule has 0 N–H and O–H groups in total. The van der Waals surface area contributed by atoms with Crippen LogP contribution in [0.3, 0.4) is 0 Å². The van der Waals surface area contributed by atoms with Crippen LogP contribution >= 0.6 is 11.6 Å². The number of piperazine rings is 1. The van der Waals surface area contributed by atoms with Gasteiger partial charge in [0.05, 0.1) is 24.5 Å². The molecule has 0 aliphatic carbocycles. The Morgan fingerprint density at radius 3 is 2.68 bits per heavy atom. The van der Waals surface area contributed by atoms with Gasteiger partial charge in [-0.1, -0.05) is 48.0 Å². The lowest BCUT2D eigenvalue weighted by Gasteiger charge is -2.37. The summed E-state index contributed by atoms with van der Waals surface area (Å²) < 4.78 is 17.2. The summed E-state index contributed by atoms with van der Waals surface area (Å²) in [5.74, 6) is 0.613. The first-order valence-electron chi connectivity index (χ1n) is 12.8. The number of hydrogen-bond acceptors (Lipinski definition) is 6.